The maximum atomic E-state index is 12.8. The Morgan fingerprint density at radius 3 is 2.24 bits per heavy atom. The molecule has 0 saturated carbocycles. The number of halogens is 1. The third-order valence-electron chi connectivity index (χ3n) is 5.47. The lowest BCUT2D eigenvalue weighted by molar-refractivity contribution is -0.136. The molecular weight excluding hydrogens is 512 g/mol. The van der Waals surface area contributed by atoms with Gasteiger partial charge in [0.25, 0.3) is 5.91 Å². The highest BCUT2D eigenvalue weighted by molar-refractivity contribution is 6.40. The molecule has 0 atom stereocenters. The van der Waals surface area contributed by atoms with E-state index in [2.05, 4.69) is 15.8 Å². The Kier molecular flexibility index (Phi) is 8.81. The molecule has 1 fully saturated rings. The molecule has 194 valence electrons. The minimum atomic E-state index is -1.01. The molecule has 3 amide bonds. The highest BCUT2D eigenvalue weighted by Crippen LogP contribution is 2.20. The van der Waals surface area contributed by atoms with Crippen LogP contribution in [0.15, 0.2) is 77.9 Å². The van der Waals surface area contributed by atoms with Crippen LogP contribution in [0.3, 0.4) is 0 Å². The Balaban J connectivity index is 1.30. The van der Waals surface area contributed by atoms with Crippen LogP contribution >= 0.6 is 11.6 Å². The van der Waals surface area contributed by atoms with Gasteiger partial charge >= 0.3 is 17.8 Å². The Morgan fingerprint density at radius 1 is 0.868 bits per heavy atom. The number of nitrogens with zero attached hydrogens (tertiary/aromatic N) is 2. The third kappa shape index (κ3) is 6.81. The molecule has 2 N–H and O–H groups in total. The van der Waals surface area contributed by atoms with E-state index >= 15 is 0 Å². The van der Waals surface area contributed by atoms with Crippen molar-refractivity contribution in [3.8, 4) is 5.75 Å². The van der Waals surface area contributed by atoms with Crippen molar-refractivity contribution >= 4 is 47.2 Å². The number of nitrogens with one attached hydrogen (secondary N) is 2. The van der Waals surface area contributed by atoms with Crippen molar-refractivity contribution in [2.45, 2.75) is 0 Å². The van der Waals surface area contributed by atoms with Gasteiger partial charge in [0.2, 0.25) is 0 Å². The molecule has 1 saturated heterocycles. The molecule has 3 aromatic rings. The van der Waals surface area contributed by atoms with Crippen LogP contribution in [0.25, 0.3) is 0 Å². The average Bonchev–Trinajstić information content (AvgIpc) is 2.94. The van der Waals surface area contributed by atoms with Gasteiger partial charge in [0.15, 0.2) is 0 Å². The summed E-state index contributed by atoms with van der Waals surface area (Å²) in [7, 11) is 0. The van der Waals surface area contributed by atoms with Gasteiger partial charge in [0.05, 0.1) is 41.3 Å². The van der Waals surface area contributed by atoms with E-state index in [-0.39, 0.29) is 27.7 Å². The van der Waals surface area contributed by atoms with Gasteiger partial charge in [-0.05, 0) is 54.1 Å². The first-order valence-corrected chi connectivity index (χ1v) is 12.0. The molecule has 1 heterocycles. The summed E-state index contributed by atoms with van der Waals surface area (Å²) >= 11 is 6.01. The number of hydrazone groups is 1. The Labute approximate surface area is 223 Å². The molecule has 0 aromatic heterocycles. The van der Waals surface area contributed by atoms with Crippen LogP contribution in [-0.4, -0.2) is 61.1 Å². The predicted molar refractivity (Wildman–Crippen MR) is 140 cm³/mol. The molecule has 3 aromatic carbocycles. The topological polar surface area (TPSA) is 126 Å². The first-order valence-electron chi connectivity index (χ1n) is 11.6. The molecule has 1 aliphatic rings. The summed E-state index contributed by atoms with van der Waals surface area (Å²) in [5.41, 5.74) is 3.45. The summed E-state index contributed by atoms with van der Waals surface area (Å²) in [5, 5.41) is 6.53. The van der Waals surface area contributed by atoms with Crippen LogP contribution < -0.4 is 15.5 Å². The number of amides is 3. The first kappa shape index (κ1) is 26.5. The summed E-state index contributed by atoms with van der Waals surface area (Å²) < 4.78 is 10.6. The first-order chi connectivity index (χ1) is 18.4. The second-order valence-electron chi connectivity index (χ2n) is 8.04. The van der Waals surface area contributed by atoms with Gasteiger partial charge in [-0.1, -0.05) is 35.9 Å². The van der Waals surface area contributed by atoms with Crippen LogP contribution in [0.5, 0.6) is 5.75 Å². The quantitative estimate of drug-likeness (QED) is 0.164. The number of anilines is 1. The summed E-state index contributed by atoms with van der Waals surface area (Å²) in [4.78, 5) is 51.4. The number of carbonyl (C=O) groups is 4. The molecule has 0 spiro atoms. The van der Waals surface area contributed by atoms with Crippen LogP contribution in [0.1, 0.15) is 26.3 Å². The van der Waals surface area contributed by atoms with Crippen LogP contribution in [0.4, 0.5) is 5.69 Å². The molecule has 0 radical (unpaired) electrons. The minimum Gasteiger partial charge on any atom is -0.423 e. The minimum absolute atomic E-state index is 0.218. The molecule has 0 bridgehead atoms. The summed E-state index contributed by atoms with van der Waals surface area (Å²) in [6, 6.07) is 19.3. The molecular formula is C27H23ClN4O6. The summed E-state index contributed by atoms with van der Waals surface area (Å²) in [6.45, 7) is 1.77. The number of morpholine rings is 1. The Hall–Kier alpha value is -4.54. The third-order valence-corrected chi connectivity index (χ3v) is 5.80. The highest BCUT2D eigenvalue weighted by atomic mass is 35.5. The predicted octanol–water partition coefficient (Wildman–Crippen LogP) is 3.12. The molecule has 0 unspecified atom stereocenters. The summed E-state index contributed by atoms with van der Waals surface area (Å²) in [5.74, 6) is -2.56. The number of para-hydroxylation sites is 1. The zero-order chi connectivity index (χ0) is 26.9. The molecule has 4 rings (SSSR count). The van der Waals surface area contributed by atoms with Crippen LogP contribution in [0, 0.1) is 0 Å². The molecule has 10 nitrogen and oxygen atoms in total. The van der Waals surface area contributed by atoms with Gasteiger partial charge in [-0.15, -0.1) is 0 Å². The number of hydrogen-bond acceptors (Lipinski definition) is 7. The van der Waals surface area contributed by atoms with Crippen molar-refractivity contribution in [3.63, 3.8) is 0 Å². The number of rotatable bonds is 6. The molecule has 1 aliphatic heterocycles. The zero-order valence-electron chi connectivity index (χ0n) is 20.1. The standard InChI is InChI=1S/C27H23ClN4O6/c28-22-7-3-1-5-20(22)27(36)38-19-11-9-18(10-12-19)17-29-31-25(34)24(33)30-23-8-4-2-6-21(23)26(35)32-13-15-37-16-14-32/h1-12,17H,13-16H2,(H,30,33)(H,31,34). The fraction of sp³-hybridized carbons (Fsp3) is 0.148. The number of hydrogen-bond donors (Lipinski definition) is 2. The second-order valence-corrected chi connectivity index (χ2v) is 8.45. The molecule has 11 heteroatoms. The van der Waals surface area contributed by atoms with Gasteiger partial charge < -0.3 is 19.7 Å². The summed E-state index contributed by atoms with van der Waals surface area (Å²) in [6.07, 6.45) is 1.32. The molecule has 0 aliphatic carbocycles. The number of esters is 1. The van der Waals surface area contributed by atoms with Crippen molar-refractivity contribution in [1.29, 1.82) is 0 Å². The zero-order valence-corrected chi connectivity index (χ0v) is 20.8. The van der Waals surface area contributed by atoms with E-state index in [1.165, 1.54) is 6.21 Å². The van der Waals surface area contributed by atoms with Crippen molar-refractivity contribution in [3.05, 3.63) is 94.5 Å². The van der Waals surface area contributed by atoms with Gasteiger partial charge in [0.1, 0.15) is 5.75 Å². The van der Waals surface area contributed by atoms with Crippen LogP contribution in [0.2, 0.25) is 5.02 Å². The van der Waals surface area contributed by atoms with E-state index in [4.69, 9.17) is 21.1 Å². The van der Waals surface area contributed by atoms with E-state index in [9.17, 15) is 19.2 Å². The molecule has 38 heavy (non-hydrogen) atoms. The second kappa shape index (κ2) is 12.6. The van der Waals surface area contributed by atoms with Gasteiger partial charge in [-0.25, -0.2) is 10.2 Å². The number of ether oxygens (including phenoxy) is 2. The highest BCUT2D eigenvalue weighted by Gasteiger charge is 2.23. The lowest BCUT2D eigenvalue weighted by Gasteiger charge is -2.27. The SMILES string of the molecule is O=C(NN=Cc1ccc(OC(=O)c2ccccc2Cl)cc1)C(=O)Nc1ccccc1C(=O)N1CCOCC1. The maximum absolute atomic E-state index is 12.8. The van der Waals surface area contributed by atoms with Gasteiger partial charge in [-0.2, -0.15) is 5.10 Å². The van der Waals surface area contributed by atoms with Crippen LogP contribution in [-0.2, 0) is 14.3 Å². The Morgan fingerprint density at radius 2 is 1.53 bits per heavy atom. The van der Waals surface area contributed by atoms with Gasteiger partial charge in [-0.3, -0.25) is 14.4 Å². The number of benzene rings is 3. The van der Waals surface area contributed by atoms with Crippen molar-refractivity contribution in [1.82, 2.24) is 10.3 Å². The normalized spacial score (nSPS) is 13.1. The van der Waals surface area contributed by atoms with Crippen molar-refractivity contribution < 1.29 is 28.7 Å². The van der Waals surface area contributed by atoms with Gasteiger partial charge in [0, 0.05) is 13.1 Å². The van der Waals surface area contributed by atoms with E-state index in [0.717, 1.165) is 0 Å². The monoisotopic (exact) mass is 534 g/mol. The fourth-order valence-corrected chi connectivity index (χ4v) is 3.73. The average molecular weight is 535 g/mol. The van der Waals surface area contributed by atoms with Crippen molar-refractivity contribution in [2.24, 2.45) is 5.10 Å². The fourth-order valence-electron chi connectivity index (χ4n) is 3.52. The van der Waals surface area contributed by atoms with E-state index in [1.54, 1.807) is 77.7 Å². The smallest absolute Gasteiger partial charge is 0.345 e. The number of carbonyl (C=O) groups excluding carboxylic acids is 4. The van der Waals surface area contributed by atoms with E-state index in [0.29, 0.717) is 37.6 Å². The largest absolute Gasteiger partial charge is 0.423 e. The maximum Gasteiger partial charge on any atom is 0.345 e. The van der Waals surface area contributed by atoms with E-state index < -0.39 is 17.8 Å². The Bertz CT molecular complexity index is 1370. The van der Waals surface area contributed by atoms with Crippen molar-refractivity contribution in [2.75, 3.05) is 31.6 Å². The lowest BCUT2D eigenvalue weighted by atomic mass is 10.1. The lowest BCUT2D eigenvalue weighted by Crippen LogP contribution is -2.41. The van der Waals surface area contributed by atoms with E-state index in [1.807, 2.05) is 0 Å².